The molecule has 0 amide bonds. The zero-order valence-electron chi connectivity index (χ0n) is 10.1. The first-order valence-electron chi connectivity index (χ1n) is 5.78. The van der Waals surface area contributed by atoms with Gasteiger partial charge in [-0.3, -0.25) is 4.79 Å². The van der Waals surface area contributed by atoms with Crippen molar-refractivity contribution in [2.24, 2.45) is 11.7 Å². The Morgan fingerprint density at radius 2 is 1.94 bits per heavy atom. The summed E-state index contributed by atoms with van der Waals surface area (Å²) in [5.74, 6) is -0.923. The lowest BCUT2D eigenvalue weighted by atomic mass is 9.92. The maximum atomic E-state index is 12.8. The van der Waals surface area contributed by atoms with Gasteiger partial charge < -0.3 is 5.73 Å². The normalized spacial score (nSPS) is 13.4. The number of halogens is 3. The number of rotatable bonds is 5. The summed E-state index contributed by atoms with van der Waals surface area (Å²) in [4.78, 5) is 12.0. The molecular weight excluding hydrogens is 243 g/mol. The molecule has 0 fully saturated rings. The Kier molecular flexibility index (Phi) is 4.90. The second-order valence-electron chi connectivity index (χ2n) is 4.24. The molecule has 1 aromatic carbocycles. The van der Waals surface area contributed by atoms with Crippen molar-refractivity contribution in [1.82, 2.24) is 0 Å². The van der Waals surface area contributed by atoms with Crippen LogP contribution in [0.1, 0.15) is 35.7 Å². The maximum absolute atomic E-state index is 12.8. The molecular formula is C13H16F3NO. The molecule has 0 saturated heterocycles. The van der Waals surface area contributed by atoms with Gasteiger partial charge in [-0.2, -0.15) is 13.2 Å². The monoisotopic (exact) mass is 259 g/mol. The number of hydrogen-bond acceptors (Lipinski definition) is 2. The highest BCUT2D eigenvalue weighted by Crippen LogP contribution is 2.33. The number of alkyl halides is 3. The lowest BCUT2D eigenvalue weighted by molar-refractivity contribution is -0.137. The summed E-state index contributed by atoms with van der Waals surface area (Å²) in [6.45, 7) is 2.06. The van der Waals surface area contributed by atoms with Gasteiger partial charge in [0.15, 0.2) is 5.78 Å². The molecule has 0 aliphatic carbocycles. The number of nitrogens with two attached hydrogens (primary N) is 1. The van der Waals surface area contributed by atoms with Gasteiger partial charge in [-0.05, 0) is 25.5 Å². The molecule has 0 spiro atoms. The van der Waals surface area contributed by atoms with Gasteiger partial charge in [0.1, 0.15) is 0 Å². The molecule has 5 heteroatoms. The molecule has 2 nitrogen and oxygen atoms in total. The largest absolute Gasteiger partial charge is 0.417 e. The molecule has 0 aliphatic rings. The Morgan fingerprint density at radius 3 is 2.50 bits per heavy atom. The first-order valence-corrected chi connectivity index (χ1v) is 5.78. The quantitative estimate of drug-likeness (QED) is 0.825. The zero-order chi connectivity index (χ0) is 13.8. The minimum atomic E-state index is -4.50. The fraction of sp³-hybridized carbons (Fsp3) is 0.462. The second-order valence-corrected chi connectivity index (χ2v) is 4.24. The van der Waals surface area contributed by atoms with E-state index in [0.717, 1.165) is 6.07 Å². The van der Waals surface area contributed by atoms with E-state index in [-0.39, 0.29) is 5.56 Å². The number of benzene rings is 1. The van der Waals surface area contributed by atoms with E-state index in [0.29, 0.717) is 19.4 Å². The van der Waals surface area contributed by atoms with Gasteiger partial charge in [-0.15, -0.1) is 0 Å². The predicted molar refractivity (Wildman–Crippen MR) is 63.2 cm³/mol. The summed E-state index contributed by atoms with van der Waals surface area (Å²) in [5, 5.41) is 0. The Bertz CT molecular complexity index is 415. The fourth-order valence-corrected chi connectivity index (χ4v) is 1.77. The van der Waals surface area contributed by atoms with Crippen molar-refractivity contribution < 1.29 is 18.0 Å². The topological polar surface area (TPSA) is 43.1 Å². The van der Waals surface area contributed by atoms with Crippen LogP contribution in [0.4, 0.5) is 13.2 Å². The Hall–Kier alpha value is -1.36. The molecule has 0 aromatic heterocycles. The van der Waals surface area contributed by atoms with Crippen LogP contribution in [0.25, 0.3) is 0 Å². The van der Waals surface area contributed by atoms with Crippen LogP contribution in [-0.4, -0.2) is 12.3 Å². The summed E-state index contributed by atoms with van der Waals surface area (Å²) in [6, 6.07) is 4.88. The smallest absolute Gasteiger partial charge is 0.330 e. The van der Waals surface area contributed by atoms with E-state index >= 15 is 0 Å². The molecule has 1 unspecified atom stereocenters. The molecule has 0 bridgehead atoms. The van der Waals surface area contributed by atoms with E-state index in [4.69, 9.17) is 5.73 Å². The summed E-state index contributed by atoms with van der Waals surface area (Å²) in [5.41, 5.74) is 4.20. The van der Waals surface area contributed by atoms with E-state index in [9.17, 15) is 18.0 Å². The Labute approximate surface area is 104 Å². The SMILES string of the molecule is CC(CCCN)C(=O)c1ccccc1C(F)(F)F. The van der Waals surface area contributed by atoms with Crippen LogP contribution < -0.4 is 5.73 Å². The van der Waals surface area contributed by atoms with Crippen LogP contribution in [0.5, 0.6) is 0 Å². The summed E-state index contributed by atoms with van der Waals surface area (Å²) >= 11 is 0. The molecule has 0 radical (unpaired) electrons. The standard InChI is InChI=1S/C13H16F3NO/c1-9(5-4-8-17)12(18)10-6-2-3-7-11(10)13(14,15)16/h2-3,6-7,9H,4-5,8,17H2,1H3. The molecule has 0 aliphatic heterocycles. The first kappa shape index (κ1) is 14.7. The van der Waals surface area contributed by atoms with Crippen LogP contribution in [0.2, 0.25) is 0 Å². The highest BCUT2D eigenvalue weighted by Gasteiger charge is 2.35. The summed E-state index contributed by atoms with van der Waals surface area (Å²) in [7, 11) is 0. The van der Waals surface area contributed by atoms with E-state index in [1.54, 1.807) is 6.92 Å². The fourth-order valence-electron chi connectivity index (χ4n) is 1.77. The van der Waals surface area contributed by atoms with Crippen molar-refractivity contribution in [3.8, 4) is 0 Å². The minimum absolute atomic E-state index is 0.255. The third-order valence-corrected chi connectivity index (χ3v) is 2.79. The second kappa shape index (κ2) is 6.00. The van der Waals surface area contributed by atoms with Crippen molar-refractivity contribution in [2.45, 2.75) is 25.9 Å². The molecule has 0 saturated carbocycles. The molecule has 1 rings (SSSR count). The third kappa shape index (κ3) is 3.57. The highest BCUT2D eigenvalue weighted by molar-refractivity contribution is 5.99. The Balaban J connectivity index is 2.99. The van der Waals surface area contributed by atoms with Gasteiger partial charge in [-0.1, -0.05) is 25.1 Å². The average Bonchev–Trinajstić information content (AvgIpc) is 2.34. The van der Waals surface area contributed by atoms with Crippen molar-refractivity contribution >= 4 is 5.78 Å². The van der Waals surface area contributed by atoms with E-state index in [1.807, 2.05) is 0 Å². The minimum Gasteiger partial charge on any atom is -0.330 e. The highest BCUT2D eigenvalue weighted by atomic mass is 19.4. The van der Waals surface area contributed by atoms with E-state index in [1.165, 1.54) is 18.2 Å². The van der Waals surface area contributed by atoms with Crippen LogP contribution >= 0.6 is 0 Å². The van der Waals surface area contributed by atoms with Gasteiger partial charge in [-0.25, -0.2) is 0 Å². The van der Waals surface area contributed by atoms with Gasteiger partial charge in [0.25, 0.3) is 0 Å². The maximum Gasteiger partial charge on any atom is 0.417 e. The molecule has 0 heterocycles. The van der Waals surface area contributed by atoms with Gasteiger partial charge in [0.2, 0.25) is 0 Å². The van der Waals surface area contributed by atoms with Crippen LogP contribution in [0.3, 0.4) is 0 Å². The van der Waals surface area contributed by atoms with Crippen molar-refractivity contribution in [3.63, 3.8) is 0 Å². The van der Waals surface area contributed by atoms with Crippen molar-refractivity contribution in [3.05, 3.63) is 35.4 Å². The zero-order valence-corrected chi connectivity index (χ0v) is 10.1. The van der Waals surface area contributed by atoms with Crippen molar-refractivity contribution in [2.75, 3.05) is 6.54 Å². The molecule has 18 heavy (non-hydrogen) atoms. The Morgan fingerprint density at radius 1 is 1.33 bits per heavy atom. The number of carbonyl (C=O) groups excluding carboxylic acids is 1. The lowest BCUT2D eigenvalue weighted by Gasteiger charge is -2.15. The van der Waals surface area contributed by atoms with E-state index < -0.39 is 23.4 Å². The number of hydrogen-bond donors (Lipinski definition) is 1. The summed E-state index contributed by atoms with van der Waals surface area (Å²) in [6.07, 6.45) is -3.37. The van der Waals surface area contributed by atoms with Crippen LogP contribution in [0, 0.1) is 5.92 Å². The first-order chi connectivity index (χ1) is 8.38. The van der Waals surface area contributed by atoms with E-state index in [2.05, 4.69) is 0 Å². The average molecular weight is 259 g/mol. The molecule has 1 aromatic rings. The predicted octanol–water partition coefficient (Wildman–Crippen LogP) is 3.26. The van der Waals surface area contributed by atoms with Crippen LogP contribution in [0.15, 0.2) is 24.3 Å². The lowest BCUT2D eigenvalue weighted by Crippen LogP contribution is -2.18. The summed E-state index contributed by atoms with van der Waals surface area (Å²) < 4.78 is 38.3. The van der Waals surface area contributed by atoms with Gasteiger partial charge >= 0.3 is 6.18 Å². The molecule has 100 valence electrons. The number of Topliss-reactive ketones (excluding diaryl/α,β-unsaturated/α-hetero) is 1. The van der Waals surface area contributed by atoms with Crippen LogP contribution in [-0.2, 0) is 6.18 Å². The number of carbonyl (C=O) groups is 1. The molecule has 2 N–H and O–H groups in total. The van der Waals surface area contributed by atoms with Gasteiger partial charge in [0, 0.05) is 11.5 Å². The van der Waals surface area contributed by atoms with Gasteiger partial charge in [0.05, 0.1) is 5.56 Å². The molecule has 1 atom stereocenters. The van der Waals surface area contributed by atoms with Crippen molar-refractivity contribution in [1.29, 1.82) is 0 Å². The third-order valence-electron chi connectivity index (χ3n) is 2.79. The number of ketones is 1.